The van der Waals surface area contributed by atoms with E-state index >= 15 is 0 Å². The maximum absolute atomic E-state index is 5.43. The van der Waals surface area contributed by atoms with Crippen LogP contribution in [-0.2, 0) is 4.74 Å². The number of ether oxygens (including phenoxy) is 3. The first-order valence-corrected chi connectivity index (χ1v) is 7.79. The van der Waals surface area contributed by atoms with E-state index in [1.807, 2.05) is 13.0 Å². The molecule has 1 aromatic rings. The van der Waals surface area contributed by atoms with Crippen molar-refractivity contribution in [2.75, 3.05) is 34.0 Å². The monoisotopic (exact) mass is 295 g/mol. The lowest BCUT2D eigenvalue weighted by atomic mass is 10.0. The van der Waals surface area contributed by atoms with E-state index in [-0.39, 0.29) is 0 Å². The van der Waals surface area contributed by atoms with Crippen LogP contribution in [0.4, 0.5) is 0 Å². The van der Waals surface area contributed by atoms with Crippen LogP contribution in [0.3, 0.4) is 0 Å². The van der Waals surface area contributed by atoms with Crippen LogP contribution >= 0.6 is 0 Å². The minimum atomic E-state index is 0.324. The van der Waals surface area contributed by atoms with Gasteiger partial charge in [-0.15, -0.1) is 0 Å². The molecular weight excluding hydrogens is 266 g/mol. The van der Waals surface area contributed by atoms with Crippen LogP contribution in [-0.4, -0.2) is 34.0 Å². The maximum atomic E-state index is 5.43. The standard InChI is InChI=1S/C17H29NO3/c1-5-11-18-15(8-7-12-21-6-2)14-9-10-16(19-3)17(13-14)20-4/h9-10,13,15,18H,5-8,11-12H2,1-4H3. The Morgan fingerprint density at radius 2 is 1.86 bits per heavy atom. The van der Waals surface area contributed by atoms with E-state index in [0.717, 1.165) is 50.5 Å². The van der Waals surface area contributed by atoms with E-state index in [1.54, 1.807) is 14.2 Å². The number of hydrogen-bond acceptors (Lipinski definition) is 4. The molecule has 0 radical (unpaired) electrons. The Balaban J connectivity index is 2.76. The molecule has 0 bridgehead atoms. The maximum Gasteiger partial charge on any atom is 0.161 e. The van der Waals surface area contributed by atoms with Gasteiger partial charge in [-0.25, -0.2) is 0 Å². The molecule has 0 saturated carbocycles. The first-order valence-electron chi connectivity index (χ1n) is 7.79. The van der Waals surface area contributed by atoms with Crippen molar-refractivity contribution in [2.24, 2.45) is 0 Å². The highest BCUT2D eigenvalue weighted by Gasteiger charge is 2.13. The van der Waals surface area contributed by atoms with Gasteiger partial charge in [0.25, 0.3) is 0 Å². The fourth-order valence-corrected chi connectivity index (χ4v) is 2.31. The molecule has 120 valence electrons. The number of benzene rings is 1. The molecule has 1 N–H and O–H groups in total. The zero-order valence-corrected chi connectivity index (χ0v) is 13.8. The van der Waals surface area contributed by atoms with Crippen molar-refractivity contribution in [1.82, 2.24) is 5.32 Å². The molecular formula is C17H29NO3. The summed E-state index contributed by atoms with van der Waals surface area (Å²) in [6.07, 6.45) is 3.22. The predicted molar refractivity (Wildman–Crippen MR) is 86.3 cm³/mol. The molecule has 1 unspecified atom stereocenters. The van der Waals surface area contributed by atoms with Crippen molar-refractivity contribution in [3.8, 4) is 11.5 Å². The molecule has 4 heteroatoms. The molecule has 0 aromatic heterocycles. The zero-order chi connectivity index (χ0) is 15.5. The summed E-state index contributed by atoms with van der Waals surface area (Å²) >= 11 is 0. The first-order chi connectivity index (χ1) is 10.3. The van der Waals surface area contributed by atoms with E-state index in [4.69, 9.17) is 14.2 Å². The Labute approximate surface area is 128 Å². The highest BCUT2D eigenvalue weighted by atomic mass is 16.5. The topological polar surface area (TPSA) is 39.7 Å². The molecule has 1 atom stereocenters. The van der Waals surface area contributed by atoms with Gasteiger partial charge in [0.1, 0.15) is 0 Å². The van der Waals surface area contributed by atoms with Crippen molar-refractivity contribution in [1.29, 1.82) is 0 Å². The summed E-state index contributed by atoms with van der Waals surface area (Å²) in [5.41, 5.74) is 1.23. The molecule has 4 nitrogen and oxygen atoms in total. The van der Waals surface area contributed by atoms with Crippen LogP contribution < -0.4 is 14.8 Å². The van der Waals surface area contributed by atoms with E-state index in [0.29, 0.717) is 6.04 Å². The van der Waals surface area contributed by atoms with E-state index in [9.17, 15) is 0 Å². The Bertz CT molecular complexity index is 396. The predicted octanol–water partition coefficient (Wildman–Crippen LogP) is 3.56. The lowest BCUT2D eigenvalue weighted by molar-refractivity contribution is 0.141. The van der Waals surface area contributed by atoms with Gasteiger partial charge in [-0.05, 0) is 50.4 Å². The highest BCUT2D eigenvalue weighted by Crippen LogP contribution is 2.31. The third kappa shape index (κ3) is 5.94. The number of hydrogen-bond donors (Lipinski definition) is 1. The largest absolute Gasteiger partial charge is 0.493 e. The fraction of sp³-hybridized carbons (Fsp3) is 0.647. The summed E-state index contributed by atoms with van der Waals surface area (Å²) < 4.78 is 16.1. The van der Waals surface area contributed by atoms with Crippen LogP contribution in [0.25, 0.3) is 0 Å². The average molecular weight is 295 g/mol. The molecule has 0 heterocycles. The minimum Gasteiger partial charge on any atom is -0.493 e. The van der Waals surface area contributed by atoms with Gasteiger partial charge in [-0.2, -0.15) is 0 Å². The quantitative estimate of drug-likeness (QED) is 0.634. The minimum absolute atomic E-state index is 0.324. The van der Waals surface area contributed by atoms with Crippen LogP contribution in [0, 0.1) is 0 Å². The second-order valence-electron chi connectivity index (χ2n) is 4.96. The van der Waals surface area contributed by atoms with Crippen molar-refractivity contribution in [2.45, 2.75) is 39.2 Å². The van der Waals surface area contributed by atoms with Gasteiger partial charge in [0, 0.05) is 19.3 Å². The molecule has 21 heavy (non-hydrogen) atoms. The van der Waals surface area contributed by atoms with Gasteiger partial charge in [0.2, 0.25) is 0 Å². The molecule has 1 rings (SSSR count). The third-order valence-electron chi connectivity index (χ3n) is 3.44. The second kappa shape index (κ2) is 10.5. The fourth-order valence-electron chi connectivity index (χ4n) is 2.31. The number of methoxy groups -OCH3 is 2. The Morgan fingerprint density at radius 1 is 1.10 bits per heavy atom. The van der Waals surface area contributed by atoms with Gasteiger partial charge in [0.05, 0.1) is 14.2 Å². The van der Waals surface area contributed by atoms with Crippen molar-refractivity contribution in [3.05, 3.63) is 23.8 Å². The van der Waals surface area contributed by atoms with Gasteiger partial charge in [-0.3, -0.25) is 0 Å². The van der Waals surface area contributed by atoms with Crippen LogP contribution in [0.5, 0.6) is 11.5 Å². The van der Waals surface area contributed by atoms with Crippen molar-refractivity contribution >= 4 is 0 Å². The van der Waals surface area contributed by atoms with Gasteiger partial charge in [-0.1, -0.05) is 13.0 Å². The Morgan fingerprint density at radius 3 is 2.48 bits per heavy atom. The Hall–Kier alpha value is -1.26. The molecule has 0 aliphatic rings. The molecule has 0 aliphatic carbocycles. The van der Waals surface area contributed by atoms with Crippen LogP contribution in [0.1, 0.15) is 44.7 Å². The summed E-state index contributed by atoms with van der Waals surface area (Å²) in [5.74, 6) is 1.55. The van der Waals surface area contributed by atoms with Gasteiger partial charge >= 0.3 is 0 Å². The van der Waals surface area contributed by atoms with Gasteiger partial charge in [0.15, 0.2) is 11.5 Å². The second-order valence-corrected chi connectivity index (χ2v) is 4.96. The van der Waals surface area contributed by atoms with Crippen LogP contribution in [0.2, 0.25) is 0 Å². The molecule has 0 saturated heterocycles. The third-order valence-corrected chi connectivity index (χ3v) is 3.44. The normalized spacial score (nSPS) is 12.2. The number of rotatable bonds is 11. The summed E-state index contributed by atoms with van der Waals surface area (Å²) in [6, 6.07) is 6.46. The summed E-state index contributed by atoms with van der Waals surface area (Å²) in [4.78, 5) is 0. The molecule has 0 aliphatic heterocycles. The average Bonchev–Trinajstić information content (AvgIpc) is 2.53. The smallest absolute Gasteiger partial charge is 0.161 e. The van der Waals surface area contributed by atoms with Gasteiger partial charge < -0.3 is 19.5 Å². The lowest BCUT2D eigenvalue weighted by Crippen LogP contribution is -2.22. The summed E-state index contributed by atoms with van der Waals surface area (Å²) in [6.45, 7) is 6.81. The van der Waals surface area contributed by atoms with Crippen molar-refractivity contribution in [3.63, 3.8) is 0 Å². The number of nitrogens with one attached hydrogen (secondary N) is 1. The first kappa shape index (κ1) is 17.8. The SMILES string of the molecule is CCCNC(CCCOCC)c1ccc(OC)c(OC)c1. The van der Waals surface area contributed by atoms with Crippen LogP contribution in [0.15, 0.2) is 18.2 Å². The van der Waals surface area contributed by atoms with E-state index < -0.39 is 0 Å². The highest BCUT2D eigenvalue weighted by molar-refractivity contribution is 5.43. The summed E-state index contributed by atoms with van der Waals surface area (Å²) in [5, 5.41) is 3.60. The van der Waals surface area contributed by atoms with E-state index in [1.165, 1.54) is 5.56 Å². The zero-order valence-electron chi connectivity index (χ0n) is 13.8. The molecule has 1 aromatic carbocycles. The van der Waals surface area contributed by atoms with E-state index in [2.05, 4.69) is 24.4 Å². The Kier molecular flexibility index (Phi) is 8.87. The lowest BCUT2D eigenvalue weighted by Gasteiger charge is -2.20. The molecule has 0 amide bonds. The van der Waals surface area contributed by atoms with Crippen molar-refractivity contribution < 1.29 is 14.2 Å². The summed E-state index contributed by atoms with van der Waals surface area (Å²) in [7, 11) is 3.33. The molecule has 0 spiro atoms. The molecule has 0 fully saturated rings.